The lowest BCUT2D eigenvalue weighted by molar-refractivity contribution is -0.134. The third-order valence-electron chi connectivity index (χ3n) is 4.24. The average Bonchev–Trinajstić information content (AvgIpc) is 2.55. The molecule has 1 saturated heterocycles. The van der Waals surface area contributed by atoms with Crippen molar-refractivity contribution in [3.63, 3.8) is 0 Å². The van der Waals surface area contributed by atoms with E-state index in [1.807, 2.05) is 18.2 Å². The van der Waals surface area contributed by atoms with Gasteiger partial charge in [-0.05, 0) is 43.9 Å². The summed E-state index contributed by atoms with van der Waals surface area (Å²) >= 11 is 6.09. The van der Waals surface area contributed by atoms with Gasteiger partial charge in [-0.25, -0.2) is 0 Å². The largest absolute Gasteiger partial charge is 0.495 e. The molecule has 1 aromatic carbocycles. The molecule has 1 amide bonds. The average molecular weight is 325 g/mol. The highest BCUT2D eigenvalue weighted by Crippen LogP contribution is 2.27. The molecule has 0 aromatic heterocycles. The fraction of sp³-hybridized carbons (Fsp3) is 0.588. The van der Waals surface area contributed by atoms with Crippen molar-refractivity contribution < 1.29 is 9.53 Å². The summed E-state index contributed by atoms with van der Waals surface area (Å²) in [6.45, 7) is 3.69. The second kappa shape index (κ2) is 8.28. The number of nitrogens with zero attached hydrogens (tertiary/aromatic N) is 1. The molecular formula is C17H25ClN2O2. The van der Waals surface area contributed by atoms with Gasteiger partial charge in [-0.3, -0.25) is 4.79 Å². The summed E-state index contributed by atoms with van der Waals surface area (Å²) in [6, 6.07) is 5.98. The van der Waals surface area contributed by atoms with Crippen molar-refractivity contribution in [2.24, 2.45) is 0 Å². The SMILES string of the molecule is CCC1CCCCN1C(=O)CCNc1ccc(OC)c(Cl)c1. The van der Waals surface area contributed by atoms with Crippen LogP contribution in [0.1, 0.15) is 39.0 Å². The minimum absolute atomic E-state index is 0.249. The molecule has 0 spiro atoms. The molecule has 1 aliphatic rings. The molecule has 2 rings (SSSR count). The van der Waals surface area contributed by atoms with E-state index in [4.69, 9.17) is 16.3 Å². The molecule has 0 aliphatic carbocycles. The summed E-state index contributed by atoms with van der Waals surface area (Å²) in [7, 11) is 1.59. The van der Waals surface area contributed by atoms with Crippen LogP contribution >= 0.6 is 11.6 Å². The van der Waals surface area contributed by atoms with Gasteiger partial charge in [0.05, 0.1) is 12.1 Å². The molecule has 0 saturated carbocycles. The minimum atomic E-state index is 0.249. The maximum absolute atomic E-state index is 12.4. The first-order chi connectivity index (χ1) is 10.7. The Morgan fingerprint density at radius 2 is 2.27 bits per heavy atom. The summed E-state index contributed by atoms with van der Waals surface area (Å²) in [6.07, 6.45) is 5.08. The lowest BCUT2D eigenvalue weighted by Crippen LogP contribution is -2.43. The van der Waals surface area contributed by atoms with E-state index in [0.29, 0.717) is 29.8 Å². The van der Waals surface area contributed by atoms with Crippen molar-refractivity contribution in [1.82, 2.24) is 4.90 Å². The molecule has 1 N–H and O–H groups in total. The molecule has 1 heterocycles. The first-order valence-electron chi connectivity index (χ1n) is 8.02. The van der Waals surface area contributed by atoms with Gasteiger partial charge in [0.25, 0.3) is 0 Å². The topological polar surface area (TPSA) is 41.6 Å². The summed E-state index contributed by atoms with van der Waals surface area (Å²) in [5, 5.41) is 3.82. The highest BCUT2D eigenvalue weighted by Gasteiger charge is 2.24. The lowest BCUT2D eigenvalue weighted by atomic mass is 9.99. The van der Waals surface area contributed by atoms with Crippen LogP contribution in [0.5, 0.6) is 5.75 Å². The van der Waals surface area contributed by atoms with Crippen LogP contribution in [0, 0.1) is 0 Å². The number of carbonyl (C=O) groups excluding carboxylic acids is 1. The number of halogens is 1. The highest BCUT2D eigenvalue weighted by molar-refractivity contribution is 6.32. The number of rotatable bonds is 6. The Bertz CT molecular complexity index is 507. The lowest BCUT2D eigenvalue weighted by Gasteiger charge is -2.35. The molecule has 0 radical (unpaired) electrons. The molecular weight excluding hydrogens is 300 g/mol. The Balaban J connectivity index is 1.82. The molecule has 1 aliphatic heterocycles. The van der Waals surface area contributed by atoms with Crippen LogP contribution < -0.4 is 10.1 Å². The number of benzene rings is 1. The van der Waals surface area contributed by atoms with Gasteiger partial charge in [-0.2, -0.15) is 0 Å². The molecule has 1 unspecified atom stereocenters. The standard InChI is InChI=1S/C17H25ClN2O2/c1-3-14-6-4-5-11-20(14)17(21)9-10-19-13-7-8-16(22-2)15(18)12-13/h7-8,12,14,19H,3-6,9-11H2,1-2H3. The number of piperidine rings is 1. The van der Waals surface area contributed by atoms with E-state index in [-0.39, 0.29) is 5.91 Å². The number of amides is 1. The number of methoxy groups -OCH3 is 1. The molecule has 5 heteroatoms. The van der Waals surface area contributed by atoms with Gasteiger partial charge in [0.2, 0.25) is 5.91 Å². The van der Waals surface area contributed by atoms with Gasteiger partial charge >= 0.3 is 0 Å². The van der Waals surface area contributed by atoms with Crippen LogP contribution in [0.15, 0.2) is 18.2 Å². The summed E-state index contributed by atoms with van der Waals surface area (Å²) in [5.41, 5.74) is 0.907. The van der Waals surface area contributed by atoms with Crippen molar-refractivity contribution in [3.05, 3.63) is 23.2 Å². The molecule has 0 bridgehead atoms. The summed E-state index contributed by atoms with van der Waals surface area (Å²) in [5.74, 6) is 0.904. The molecule has 122 valence electrons. The van der Waals surface area contributed by atoms with Crippen molar-refractivity contribution in [1.29, 1.82) is 0 Å². The number of hydrogen-bond donors (Lipinski definition) is 1. The van der Waals surface area contributed by atoms with Gasteiger partial charge in [0.1, 0.15) is 5.75 Å². The maximum atomic E-state index is 12.4. The van der Waals surface area contributed by atoms with Crippen molar-refractivity contribution in [2.75, 3.05) is 25.5 Å². The minimum Gasteiger partial charge on any atom is -0.495 e. The van der Waals surface area contributed by atoms with Gasteiger partial charge in [-0.15, -0.1) is 0 Å². The number of likely N-dealkylation sites (tertiary alicyclic amines) is 1. The monoisotopic (exact) mass is 324 g/mol. The Kier molecular flexibility index (Phi) is 6.37. The zero-order chi connectivity index (χ0) is 15.9. The molecule has 1 atom stereocenters. The van der Waals surface area contributed by atoms with E-state index in [9.17, 15) is 4.79 Å². The van der Waals surface area contributed by atoms with Crippen LogP contribution in [0.25, 0.3) is 0 Å². The normalized spacial score (nSPS) is 18.1. The van der Waals surface area contributed by atoms with E-state index < -0.39 is 0 Å². The number of nitrogens with one attached hydrogen (secondary N) is 1. The smallest absolute Gasteiger partial charge is 0.224 e. The van der Waals surface area contributed by atoms with E-state index >= 15 is 0 Å². The predicted octanol–water partition coefficient (Wildman–Crippen LogP) is 3.94. The molecule has 1 fully saturated rings. The molecule has 1 aromatic rings. The molecule has 22 heavy (non-hydrogen) atoms. The van der Waals surface area contributed by atoms with Crippen molar-refractivity contribution in [3.8, 4) is 5.75 Å². The first kappa shape index (κ1) is 16.9. The quantitative estimate of drug-likeness (QED) is 0.861. The van der Waals surface area contributed by atoms with Gasteiger partial charge in [0.15, 0.2) is 0 Å². The van der Waals surface area contributed by atoms with Crippen LogP contribution in [0.2, 0.25) is 5.02 Å². The summed E-state index contributed by atoms with van der Waals surface area (Å²) < 4.78 is 5.13. The second-order valence-corrected chi connectivity index (χ2v) is 6.08. The number of hydrogen-bond acceptors (Lipinski definition) is 3. The van der Waals surface area contributed by atoms with E-state index in [1.165, 1.54) is 6.42 Å². The first-order valence-corrected chi connectivity index (χ1v) is 8.40. The third kappa shape index (κ3) is 4.29. The zero-order valence-electron chi connectivity index (χ0n) is 13.4. The Labute approximate surface area is 137 Å². The maximum Gasteiger partial charge on any atom is 0.224 e. The van der Waals surface area contributed by atoms with Gasteiger partial charge in [-0.1, -0.05) is 18.5 Å². The van der Waals surface area contributed by atoms with E-state index in [2.05, 4.69) is 17.1 Å². The van der Waals surface area contributed by atoms with E-state index in [0.717, 1.165) is 31.5 Å². The fourth-order valence-electron chi connectivity index (χ4n) is 2.99. The second-order valence-electron chi connectivity index (χ2n) is 5.67. The number of anilines is 1. The third-order valence-corrected chi connectivity index (χ3v) is 4.53. The highest BCUT2D eigenvalue weighted by atomic mass is 35.5. The van der Waals surface area contributed by atoms with E-state index in [1.54, 1.807) is 7.11 Å². The van der Waals surface area contributed by atoms with Crippen molar-refractivity contribution >= 4 is 23.2 Å². The number of carbonyl (C=O) groups is 1. The Morgan fingerprint density at radius 3 is 2.95 bits per heavy atom. The fourth-order valence-corrected chi connectivity index (χ4v) is 3.24. The molecule has 4 nitrogen and oxygen atoms in total. The Hall–Kier alpha value is -1.42. The summed E-state index contributed by atoms with van der Waals surface area (Å²) in [4.78, 5) is 14.4. The number of ether oxygens (including phenoxy) is 1. The van der Waals surface area contributed by atoms with Crippen molar-refractivity contribution in [2.45, 2.75) is 45.1 Å². The van der Waals surface area contributed by atoms with Crippen LogP contribution in [0.4, 0.5) is 5.69 Å². The van der Waals surface area contributed by atoms with Gasteiger partial charge in [0, 0.05) is 31.2 Å². The van der Waals surface area contributed by atoms with Crippen LogP contribution in [0.3, 0.4) is 0 Å². The zero-order valence-corrected chi connectivity index (χ0v) is 14.2. The Morgan fingerprint density at radius 1 is 1.45 bits per heavy atom. The predicted molar refractivity (Wildman–Crippen MR) is 90.8 cm³/mol. The van der Waals surface area contributed by atoms with Gasteiger partial charge < -0.3 is 15.0 Å². The van der Waals surface area contributed by atoms with Crippen LogP contribution in [-0.4, -0.2) is 37.0 Å². The van der Waals surface area contributed by atoms with Crippen LogP contribution in [-0.2, 0) is 4.79 Å².